The molecule has 0 aliphatic heterocycles. The molecule has 4 nitrogen and oxygen atoms in total. The minimum Gasteiger partial charge on any atom is -0.492 e. The predicted octanol–water partition coefficient (Wildman–Crippen LogP) is 4.32. The van der Waals surface area contributed by atoms with Crippen LogP contribution in [0.4, 0.5) is 14.9 Å². The molecule has 0 spiro atoms. The summed E-state index contributed by atoms with van der Waals surface area (Å²) < 4.78 is 18.2. The topological polar surface area (TPSA) is 50.4 Å². The number of carbonyl (C=O) groups is 1. The zero-order chi connectivity index (χ0) is 17.6. The summed E-state index contributed by atoms with van der Waals surface area (Å²) in [5.41, 5.74) is 1.81. The first-order valence-electron chi connectivity index (χ1n) is 7.89. The van der Waals surface area contributed by atoms with Crippen LogP contribution in [0.25, 0.3) is 0 Å². The average molecular weight is 330 g/mol. The van der Waals surface area contributed by atoms with E-state index in [0.29, 0.717) is 18.9 Å². The molecule has 24 heavy (non-hydrogen) atoms. The Bertz CT molecular complexity index is 679. The minimum absolute atomic E-state index is 0.0600. The van der Waals surface area contributed by atoms with Gasteiger partial charge in [-0.2, -0.15) is 0 Å². The van der Waals surface area contributed by atoms with Gasteiger partial charge in [-0.1, -0.05) is 39.0 Å². The second-order valence-electron chi connectivity index (χ2n) is 6.48. The molecule has 2 aromatic carbocycles. The molecule has 2 rings (SSSR count). The van der Waals surface area contributed by atoms with Crippen molar-refractivity contribution < 1.29 is 13.9 Å². The molecule has 5 heteroatoms. The maximum atomic E-state index is 12.8. The van der Waals surface area contributed by atoms with Crippen molar-refractivity contribution in [1.82, 2.24) is 5.32 Å². The summed E-state index contributed by atoms with van der Waals surface area (Å²) in [4.78, 5) is 12.0. The Balaban J connectivity index is 1.81. The van der Waals surface area contributed by atoms with Crippen LogP contribution >= 0.6 is 0 Å². The molecule has 0 heterocycles. The van der Waals surface area contributed by atoms with Crippen molar-refractivity contribution in [2.45, 2.75) is 26.2 Å². The first-order chi connectivity index (χ1) is 11.4. The molecular weight excluding hydrogens is 307 g/mol. The van der Waals surface area contributed by atoms with Gasteiger partial charge in [0.1, 0.15) is 18.2 Å². The lowest BCUT2D eigenvalue weighted by Crippen LogP contribution is -2.33. The fraction of sp³-hybridized carbons (Fsp3) is 0.316. The number of urea groups is 1. The fourth-order valence-electron chi connectivity index (χ4n) is 2.28. The van der Waals surface area contributed by atoms with Crippen LogP contribution in [-0.4, -0.2) is 19.2 Å². The van der Waals surface area contributed by atoms with Gasteiger partial charge in [0.2, 0.25) is 0 Å². The summed E-state index contributed by atoms with van der Waals surface area (Å²) in [6.07, 6.45) is 0. The molecule has 0 aliphatic carbocycles. The quantitative estimate of drug-likeness (QED) is 0.802. The fourth-order valence-corrected chi connectivity index (χ4v) is 2.28. The molecule has 0 saturated heterocycles. The molecule has 128 valence electrons. The van der Waals surface area contributed by atoms with E-state index in [-0.39, 0.29) is 17.3 Å². The molecule has 0 unspecified atom stereocenters. The summed E-state index contributed by atoms with van der Waals surface area (Å²) in [7, 11) is 0. The van der Waals surface area contributed by atoms with Crippen LogP contribution < -0.4 is 15.4 Å². The van der Waals surface area contributed by atoms with Gasteiger partial charge in [0.25, 0.3) is 0 Å². The van der Waals surface area contributed by atoms with E-state index in [1.165, 1.54) is 12.1 Å². The summed E-state index contributed by atoms with van der Waals surface area (Å²) in [5, 5.41) is 5.61. The van der Waals surface area contributed by atoms with Gasteiger partial charge in [-0.3, -0.25) is 0 Å². The monoisotopic (exact) mass is 330 g/mol. The highest BCUT2D eigenvalue weighted by Crippen LogP contribution is 2.29. The number of hydrogen-bond donors (Lipinski definition) is 2. The van der Waals surface area contributed by atoms with Crippen molar-refractivity contribution in [3.63, 3.8) is 0 Å². The molecule has 0 fully saturated rings. The first-order valence-corrected chi connectivity index (χ1v) is 7.89. The first kappa shape index (κ1) is 17.8. The molecule has 0 aromatic heterocycles. The number of hydrogen-bond acceptors (Lipinski definition) is 2. The van der Waals surface area contributed by atoms with E-state index in [1.807, 2.05) is 24.3 Å². The van der Waals surface area contributed by atoms with Gasteiger partial charge >= 0.3 is 6.03 Å². The van der Waals surface area contributed by atoms with Crippen molar-refractivity contribution in [2.75, 3.05) is 18.5 Å². The number of benzene rings is 2. The molecule has 0 aliphatic rings. The van der Waals surface area contributed by atoms with Crippen molar-refractivity contribution >= 4 is 11.7 Å². The molecule has 2 aromatic rings. The van der Waals surface area contributed by atoms with E-state index in [4.69, 9.17) is 4.74 Å². The summed E-state index contributed by atoms with van der Waals surface area (Å²) >= 11 is 0. The number of halogens is 1. The number of carbonyl (C=O) groups excluding carboxylic acids is 1. The molecular formula is C19H23FN2O2. The SMILES string of the molecule is CC(C)(C)c1ccccc1NC(=O)NCCOc1ccc(F)cc1. The van der Waals surface area contributed by atoms with E-state index in [2.05, 4.69) is 31.4 Å². The molecule has 0 atom stereocenters. The van der Waals surface area contributed by atoms with Gasteiger partial charge in [-0.25, -0.2) is 9.18 Å². The van der Waals surface area contributed by atoms with Crippen molar-refractivity contribution in [2.24, 2.45) is 0 Å². The molecule has 2 amide bonds. The van der Waals surface area contributed by atoms with Crippen molar-refractivity contribution in [3.8, 4) is 5.75 Å². The molecule has 2 N–H and O–H groups in total. The van der Waals surface area contributed by atoms with Gasteiger partial charge < -0.3 is 15.4 Å². The predicted molar refractivity (Wildman–Crippen MR) is 94.1 cm³/mol. The lowest BCUT2D eigenvalue weighted by Gasteiger charge is -2.23. The van der Waals surface area contributed by atoms with Crippen LogP contribution in [0.1, 0.15) is 26.3 Å². The van der Waals surface area contributed by atoms with Gasteiger partial charge in [-0.05, 0) is 41.3 Å². The smallest absolute Gasteiger partial charge is 0.319 e. The highest BCUT2D eigenvalue weighted by atomic mass is 19.1. The Morgan fingerprint density at radius 1 is 1.08 bits per heavy atom. The summed E-state index contributed by atoms with van der Waals surface area (Å²) in [6, 6.07) is 13.2. The van der Waals surface area contributed by atoms with Crippen LogP contribution in [0.3, 0.4) is 0 Å². The summed E-state index contributed by atoms with van der Waals surface area (Å²) in [6.45, 7) is 6.95. The number of ether oxygens (including phenoxy) is 1. The Morgan fingerprint density at radius 2 is 1.75 bits per heavy atom. The lowest BCUT2D eigenvalue weighted by molar-refractivity contribution is 0.247. The third-order valence-electron chi connectivity index (χ3n) is 3.45. The Morgan fingerprint density at radius 3 is 2.42 bits per heavy atom. The van der Waals surface area contributed by atoms with Crippen molar-refractivity contribution in [1.29, 1.82) is 0 Å². The normalized spacial score (nSPS) is 11.0. The summed E-state index contributed by atoms with van der Waals surface area (Å²) in [5.74, 6) is 0.258. The van der Waals surface area contributed by atoms with Crippen molar-refractivity contribution in [3.05, 3.63) is 59.9 Å². The lowest BCUT2D eigenvalue weighted by atomic mass is 9.86. The number of rotatable bonds is 5. The third kappa shape index (κ3) is 5.26. The second-order valence-corrected chi connectivity index (χ2v) is 6.48. The second kappa shape index (κ2) is 7.81. The van der Waals surface area contributed by atoms with Crippen LogP contribution in [0.2, 0.25) is 0 Å². The van der Waals surface area contributed by atoms with Gasteiger partial charge in [0, 0.05) is 5.69 Å². The standard InChI is InChI=1S/C19H23FN2O2/c1-19(2,3)16-6-4-5-7-17(16)22-18(23)21-12-13-24-15-10-8-14(20)9-11-15/h4-11H,12-13H2,1-3H3,(H2,21,22,23). The van der Waals surface area contributed by atoms with E-state index < -0.39 is 0 Å². The minimum atomic E-state index is -0.308. The number of para-hydroxylation sites is 1. The van der Waals surface area contributed by atoms with E-state index in [9.17, 15) is 9.18 Å². The van der Waals surface area contributed by atoms with E-state index in [1.54, 1.807) is 12.1 Å². The average Bonchev–Trinajstić information content (AvgIpc) is 2.53. The maximum absolute atomic E-state index is 12.8. The van der Waals surface area contributed by atoms with E-state index in [0.717, 1.165) is 11.3 Å². The Hall–Kier alpha value is -2.56. The molecule has 0 bridgehead atoms. The highest BCUT2D eigenvalue weighted by Gasteiger charge is 2.18. The number of anilines is 1. The highest BCUT2D eigenvalue weighted by molar-refractivity contribution is 5.90. The van der Waals surface area contributed by atoms with Crippen LogP contribution in [0.5, 0.6) is 5.75 Å². The zero-order valence-corrected chi connectivity index (χ0v) is 14.2. The Kier molecular flexibility index (Phi) is 5.79. The maximum Gasteiger partial charge on any atom is 0.319 e. The van der Waals surface area contributed by atoms with E-state index >= 15 is 0 Å². The van der Waals surface area contributed by atoms with Crippen LogP contribution in [0, 0.1) is 5.82 Å². The third-order valence-corrected chi connectivity index (χ3v) is 3.45. The number of amides is 2. The van der Waals surface area contributed by atoms with Gasteiger partial charge in [0.15, 0.2) is 0 Å². The van der Waals surface area contributed by atoms with Crippen LogP contribution in [0.15, 0.2) is 48.5 Å². The largest absolute Gasteiger partial charge is 0.492 e. The van der Waals surface area contributed by atoms with Crippen LogP contribution in [-0.2, 0) is 5.41 Å². The number of nitrogens with one attached hydrogen (secondary N) is 2. The zero-order valence-electron chi connectivity index (χ0n) is 14.2. The Labute approximate surface area is 142 Å². The molecule has 0 saturated carbocycles. The van der Waals surface area contributed by atoms with Gasteiger partial charge in [0.05, 0.1) is 6.54 Å². The van der Waals surface area contributed by atoms with Gasteiger partial charge in [-0.15, -0.1) is 0 Å². The molecule has 0 radical (unpaired) electrons.